The number of ether oxygens (including phenoxy) is 2. The molecule has 5 rings (SSSR count). The SMILES string of the molecule is CC(C)[C@H](N)C(=O)Nc1ncnn2c([C@@H]3O[C@](C#N)(CO[P@@](=O)(N[C@@H](C)C(=O)OC4CCCCC4)Oc4ccccc4)[C@@H](O)[C@H]3O)ccc12. The van der Waals surface area contributed by atoms with E-state index in [0.29, 0.717) is 5.52 Å². The zero-order valence-electron chi connectivity index (χ0n) is 27.5. The number of benzene rings is 1. The van der Waals surface area contributed by atoms with Crippen molar-refractivity contribution in [1.29, 1.82) is 5.26 Å². The van der Waals surface area contributed by atoms with Crippen LogP contribution in [0.4, 0.5) is 5.82 Å². The van der Waals surface area contributed by atoms with Gasteiger partial charge in [-0.2, -0.15) is 15.4 Å². The molecule has 0 radical (unpaired) electrons. The average molecular weight is 700 g/mol. The minimum Gasteiger partial charge on any atom is -0.461 e. The predicted octanol–water partition coefficient (Wildman–Crippen LogP) is 2.76. The maximum absolute atomic E-state index is 14.2. The van der Waals surface area contributed by atoms with Crippen LogP contribution in [0.25, 0.3) is 5.52 Å². The summed E-state index contributed by atoms with van der Waals surface area (Å²) in [6, 6.07) is 11.1. The lowest BCUT2D eigenvalue weighted by Gasteiger charge is -2.29. The number of nitrogens with one attached hydrogen (secondary N) is 2. The number of amides is 1. The van der Waals surface area contributed by atoms with E-state index in [9.17, 15) is 29.6 Å². The standard InChI is InChI=1S/C32H42N7O9P/c1-19(2)25(34)30(42)37-29-24-15-14-23(39(24)36-18-35-29)27-26(40)28(41)32(16-33,47-27)17-45-49(44,48-22-12-8-5-9-13-22)38-20(3)31(43)46-21-10-6-4-7-11-21/h5,8-9,12-15,18-21,25-28,40-41H,4,6-7,10-11,17,34H2,1-3H3,(H,38,44)(H,35,36,37,42)/t20-,25-,26-,27-,28-,32+,49-/m0/s1. The molecule has 2 aliphatic rings. The Hall–Kier alpha value is -3.94. The number of nitriles is 1. The van der Waals surface area contributed by atoms with Crippen molar-refractivity contribution in [1.82, 2.24) is 19.7 Å². The fourth-order valence-corrected chi connectivity index (χ4v) is 7.21. The molecule has 49 heavy (non-hydrogen) atoms. The maximum Gasteiger partial charge on any atom is 0.459 e. The molecule has 1 saturated heterocycles. The van der Waals surface area contributed by atoms with Crippen molar-refractivity contribution < 1.29 is 42.9 Å². The number of para-hydroxylation sites is 1. The molecule has 2 aromatic heterocycles. The summed E-state index contributed by atoms with van der Waals surface area (Å²) >= 11 is 0. The highest BCUT2D eigenvalue weighted by Crippen LogP contribution is 2.48. The van der Waals surface area contributed by atoms with E-state index in [1.54, 1.807) is 38.1 Å². The third kappa shape index (κ3) is 8.11. The van der Waals surface area contributed by atoms with Crippen molar-refractivity contribution in [2.24, 2.45) is 11.7 Å². The zero-order valence-corrected chi connectivity index (χ0v) is 28.4. The summed E-state index contributed by atoms with van der Waals surface area (Å²) in [6.07, 6.45) is 0.515. The van der Waals surface area contributed by atoms with Gasteiger partial charge >= 0.3 is 13.7 Å². The molecule has 0 unspecified atom stereocenters. The predicted molar refractivity (Wildman–Crippen MR) is 175 cm³/mol. The van der Waals surface area contributed by atoms with Crippen molar-refractivity contribution in [3.05, 3.63) is 54.5 Å². The summed E-state index contributed by atoms with van der Waals surface area (Å²) in [5.41, 5.74) is 4.27. The zero-order chi connectivity index (χ0) is 35.3. The molecule has 1 saturated carbocycles. The first-order valence-corrected chi connectivity index (χ1v) is 17.7. The highest BCUT2D eigenvalue weighted by atomic mass is 31.2. The Morgan fingerprint density at radius 2 is 1.88 bits per heavy atom. The van der Waals surface area contributed by atoms with Gasteiger partial charge in [0.05, 0.1) is 11.7 Å². The first-order valence-electron chi connectivity index (χ1n) is 16.2. The number of carbonyl (C=O) groups is 2. The molecule has 1 amide bonds. The fourth-order valence-electron chi connectivity index (χ4n) is 5.69. The topological polar surface area (TPSA) is 233 Å². The lowest BCUT2D eigenvalue weighted by atomic mass is 9.96. The van der Waals surface area contributed by atoms with Gasteiger partial charge in [0.2, 0.25) is 11.5 Å². The average Bonchev–Trinajstić information content (AvgIpc) is 3.63. The molecule has 3 heterocycles. The number of nitrogens with zero attached hydrogens (tertiary/aromatic N) is 4. The molecule has 264 valence electrons. The molecule has 0 bridgehead atoms. The van der Waals surface area contributed by atoms with E-state index in [1.807, 2.05) is 6.07 Å². The van der Waals surface area contributed by atoms with Crippen molar-refractivity contribution in [3.63, 3.8) is 0 Å². The molecular formula is C32H42N7O9P. The molecule has 3 aromatic rings. The first kappa shape index (κ1) is 36.3. The smallest absolute Gasteiger partial charge is 0.459 e. The molecule has 1 aliphatic heterocycles. The van der Waals surface area contributed by atoms with E-state index in [2.05, 4.69) is 20.5 Å². The summed E-state index contributed by atoms with van der Waals surface area (Å²) in [6.45, 7) is 4.22. The van der Waals surface area contributed by atoms with Gasteiger partial charge in [0.25, 0.3) is 0 Å². The van der Waals surface area contributed by atoms with Gasteiger partial charge in [0.15, 0.2) is 5.82 Å². The number of hydrogen-bond donors (Lipinski definition) is 5. The fraction of sp³-hybridized carbons (Fsp3) is 0.531. The largest absolute Gasteiger partial charge is 0.461 e. The van der Waals surface area contributed by atoms with Gasteiger partial charge in [-0.05, 0) is 62.8 Å². The van der Waals surface area contributed by atoms with Crippen LogP contribution >= 0.6 is 7.75 Å². The number of aromatic nitrogens is 3. The Labute approximate surface area is 283 Å². The molecule has 17 heteroatoms. The van der Waals surface area contributed by atoms with Crippen LogP contribution in [0, 0.1) is 17.2 Å². The second-order valence-corrected chi connectivity index (χ2v) is 14.3. The number of esters is 1. The van der Waals surface area contributed by atoms with Gasteiger partial charge < -0.3 is 35.3 Å². The van der Waals surface area contributed by atoms with Gasteiger partial charge in [0.1, 0.15) is 60.7 Å². The third-order valence-corrected chi connectivity index (χ3v) is 10.3. The van der Waals surface area contributed by atoms with E-state index in [1.165, 1.54) is 36.0 Å². The van der Waals surface area contributed by atoms with Gasteiger partial charge in [-0.1, -0.05) is 38.5 Å². The lowest BCUT2D eigenvalue weighted by Crippen LogP contribution is -2.46. The van der Waals surface area contributed by atoms with Crippen molar-refractivity contribution in [2.45, 2.75) is 95.0 Å². The minimum absolute atomic E-state index is 0.132. The molecule has 6 N–H and O–H groups in total. The van der Waals surface area contributed by atoms with Crippen LogP contribution in [0.1, 0.15) is 64.7 Å². The number of aliphatic hydroxyl groups excluding tert-OH is 2. The van der Waals surface area contributed by atoms with Gasteiger partial charge in [-0.3, -0.25) is 14.1 Å². The monoisotopic (exact) mass is 699 g/mol. The van der Waals surface area contributed by atoms with Crippen molar-refractivity contribution in [2.75, 3.05) is 11.9 Å². The third-order valence-electron chi connectivity index (χ3n) is 8.63. The van der Waals surface area contributed by atoms with Gasteiger partial charge in [-0.15, -0.1) is 0 Å². The number of anilines is 1. The van der Waals surface area contributed by atoms with E-state index < -0.39 is 62.2 Å². The Morgan fingerprint density at radius 1 is 1.16 bits per heavy atom. The molecule has 7 atom stereocenters. The van der Waals surface area contributed by atoms with Crippen LogP contribution in [0.3, 0.4) is 0 Å². The lowest BCUT2D eigenvalue weighted by molar-refractivity contribution is -0.152. The number of hydrogen-bond acceptors (Lipinski definition) is 13. The summed E-state index contributed by atoms with van der Waals surface area (Å²) in [4.78, 5) is 29.7. The minimum atomic E-state index is -4.46. The summed E-state index contributed by atoms with van der Waals surface area (Å²) in [5.74, 6) is -0.962. The number of carbonyl (C=O) groups excluding carboxylic acids is 2. The number of rotatable bonds is 13. The van der Waals surface area contributed by atoms with E-state index in [-0.39, 0.29) is 29.3 Å². The number of nitrogens with two attached hydrogens (primary N) is 1. The summed E-state index contributed by atoms with van der Waals surface area (Å²) in [5, 5.41) is 42.0. The highest BCUT2D eigenvalue weighted by Gasteiger charge is 2.57. The van der Waals surface area contributed by atoms with Crippen molar-refractivity contribution in [3.8, 4) is 11.8 Å². The summed E-state index contributed by atoms with van der Waals surface area (Å²) < 4.78 is 38.5. The Balaban J connectivity index is 1.35. The number of fused-ring (bicyclic) bond motifs is 1. The Kier molecular flexibility index (Phi) is 11.4. The van der Waals surface area contributed by atoms with Crippen LogP contribution in [0.5, 0.6) is 5.75 Å². The van der Waals surface area contributed by atoms with Crippen molar-refractivity contribution >= 4 is 31.0 Å². The Morgan fingerprint density at radius 3 is 2.55 bits per heavy atom. The molecule has 1 aromatic carbocycles. The second kappa shape index (κ2) is 15.3. The Bertz CT molecular complexity index is 1710. The molecule has 16 nitrogen and oxygen atoms in total. The summed E-state index contributed by atoms with van der Waals surface area (Å²) in [7, 11) is -4.46. The van der Waals surface area contributed by atoms with Crippen LogP contribution in [-0.4, -0.2) is 79.3 Å². The normalized spacial score (nSPS) is 25.3. The van der Waals surface area contributed by atoms with Crippen LogP contribution in [0.15, 0.2) is 48.8 Å². The van der Waals surface area contributed by atoms with Crippen LogP contribution in [0.2, 0.25) is 0 Å². The van der Waals surface area contributed by atoms with Gasteiger partial charge in [0, 0.05) is 0 Å². The molecular weight excluding hydrogens is 657 g/mol. The van der Waals surface area contributed by atoms with E-state index in [4.69, 9.17) is 24.3 Å². The van der Waals surface area contributed by atoms with Crippen LogP contribution in [-0.2, 0) is 28.2 Å². The number of aliphatic hydroxyl groups is 2. The van der Waals surface area contributed by atoms with Crippen LogP contribution < -0.4 is 20.7 Å². The molecule has 1 aliphatic carbocycles. The quantitative estimate of drug-likeness (QED) is 0.128. The van der Waals surface area contributed by atoms with E-state index >= 15 is 0 Å². The molecule has 2 fully saturated rings. The molecule has 0 spiro atoms. The first-order chi connectivity index (χ1) is 23.4. The maximum atomic E-state index is 14.2. The van der Waals surface area contributed by atoms with E-state index in [0.717, 1.165) is 32.1 Å². The second-order valence-electron chi connectivity index (χ2n) is 12.6. The van der Waals surface area contributed by atoms with Gasteiger partial charge in [-0.25, -0.2) is 14.1 Å². The highest BCUT2D eigenvalue weighted by molar-refractivity contribution is 7.52.